The van der Waals surface area contributed by atoms with Crippen molar-refractivity contribution >= 4 is 26.8 Å². The number of piperazine rings is 1. The number of aromatic nitrogens is 1. The van der Waals surface area contributed by atoms with Gasteiger partial charge in [0.25, 0.3) is 5.91 Å². The fourth-order valence-electron chi connectivity index (χ4n) is 3.78. The van der Waals surface area contributed by atoms with Crippen LogP contribution in [0.5, 0.6) is 0 Å². The van der Waals surface area contributed by atoms with Crippen molar-refractivity contribution in [1.82, 2.24) is 14.2 Å². The molecule has 0 radical (unpaired) electrons. The molecule has 164 valence electrons. The Morgan fingerprint density at radius 1 is 1.00 bits per heavy atom. The highest BCUT2D eigenvalue weighted by atomic mass is 32.2. The normalized spacial score (nSPS) is 18.0. The van der Waals surface area contributed by atoms with E-state index in [1.807, 2.05) is 0 Å². The fourth-order valence-corrected chi connectivity index (χ4v) is 5.56. The SMILES string of the molecule is C[C@H]1CN(C(=O)c2ccccc2)CCN1S(=O)(=O)c1c[nH]c2c(F)c(F)c(F)c(F)c12. The largest absolute Gasteiger partial charge is 0.357 e. The van der Waals surface area contributed by atoms with Gasteiger partial charge >= 0.3 is 0 Å². The maximum absolute atomic E-state index is 14.3. The van der Waals surface area contributed by atoms with Crippen LogP contribution in [0.25, 0.3) is 10.9 Å². The number of carbonyl (C=O) groups is 1. The van der Waals surface area contributed by atoms with Gasteiger partial charge in [-0.15, -0.1) is 0 Å². The summed E-state index contributed by atoms with van der Waals surface area (Å²) in [6, 6.07) is 7.78. The third-order valence-electron chi connectivity index (χ3n) is 5.32. The maximum atomic E-state index is 14.3. The minimum absolute atomic E-state index is 0.0646. The van der Waals surface area contributed by atoms with Crippen molar-refractivity contribution in [1.29, 1.82) is 0 Å². The average molecular weight is 455 g/mol. The Morgan fingerprint density at radius 3 is 2.29 bits per heavy atom. The Labute approximate surface area is 175 Å². The molecule has 1 atom stereocenters. The Balaban J connectivity index is 1.66. The Morgan fingerprint density at radius 2 is 1.65 bits per heavy atom. The molecule has 1 aliphatic rings. The molecule has 0 aliphatic carbocycles. The number of amides is 1. The number of sulfonamides is 1. The smallest absolute Gasteiger partial charge is 0.253 e. The molecule has 1 fully saturated rings. The Kier molecular flexibility index (Phi) is 5.26. The zero-order chi connectivity index (χ0) is 22.5. The lowest BCUT2D eigenvalue weighted by atomic mass is 10.1. The second-order valence-electron chi connectivity index (χ2n) is 7.24. The van der Waals surface area contributed by atoms with Gasteiger partial charge in [-0.3, -0.25) is 4.79 Å². The maximum Gasteiger partial charge on any atom is 0.253 e. The first-order valence-electron chi connectivity index (χ1n) is 9.33. The van der Waals surface area contributed by atoms with Gasteiger partial charge in [-0.1, -0.05) is 18.2 Å². The van der Waals surface area contributed by atoms with Gasteiger partial charge in [0.15, 0.2) is 23.3 Å². The Hall–Kier alpha value is -2.92. The molecule has 2 heterocycles. The first-order chi connectivity index (χ1) is 14.6. The van der Waals surface area contributed by atoms with Gasteiger partial charge in [0.05, 0.1) is 10.9 Å². The van der Waals surface area contributed by atoms with Crippen molar-refractivity contribution in [2.75, 3.05) is 19.6 Å². The minimum Gasteiger partial charge on any atom is -0.357 e. The van der Waals surface area contributed by atoms with Gasteiger partial charge in [0.2, 0.25) is 10.0 Å². The highest BCUT2D eigenvalue weighted by Crippen LogP contribution is 2.33. The van der Waals surface area contributed by atoms with E-state index in [9.17, 15) is 30.8 Å². The highest BCUT2D eigenvalue weighted by molar-refractivity contribution is 7.89. The number of nitrogens with zero attached hydrogens (tertiary/aromatic N) is 2. The second-order valence-corrected chi connectivity index (χ2v) is 9.10. The molecule has 3 aromatic rings. The number of fused-ring (bicyclic) bond motifs is 1. The second kappa shape index (κ2) is 7.65. The number of hydrogen-bond donors (Lipinski definition) is 1. The summed E-state index contributed by atoms with van der Waals surface area (Å²) in [5.41, 5.74) is -0.321. The van der Waals surface area contributed by atoms with Gasteiger partial charge < -0.3 is 9.88 Å². The molecule has 1 aromatic heterocycles. The zero-order valence-corrected chi connectivity index (χ0v) is 17.0. The van der Waals surface area contributed by atoms with Crippen LogP contribution in [0.15, 0.2) is 41.4 Å². The number of halogens is 4. The summed E-state index contributed by atoms with van der Waals surface area (Å²) >= 11 is 0. The van der Waals surface area contributed by atoms with Crippen LogP contribution in [-0.4, -0.2) is 54.2 Å². The molecular weight excluding hydrogens is 438 g/mol. The van der Waals surface area contributed by atoms with Gasteiger partial charge in [0, 0.05) is 37.4 Å². The van der Waals surface area contributed by atoms with E-state index in [0.29, 0.717) is 5.56 Å². The molecule has 1 aliphatic heterocycles. The van der Waals surface area contributed by atoms with E-state index in [1.165, 1.54) is 4.90 Å². The third kappa shape index (κ3) is 3.37. The van der Waals surface area contributed by atoms with Gasteiger partial charge in [0.1, 0.15) is 4.90 Å². The summed E-state index contributed by atoms with van der Waals surface area (Å²) in [6.07, 6.45) is 0.805. The first-order valence-corrected chi connectivity index (χ1v) is 10.8. The summed E-state index contributed by atoms with van der Waals surface area (Å²) < 4.78 is 83.0. The average Bonchev–Trinajstić information content (AvgIpc) is 3.22. The summed E-state index contributed by atoms with van der Waals surface area (Å²) in [4.78, 5) is 15.6. The van der Waals surface area contributed by atoms with Crippen molar-refractivity contribution in [2.45, 2.75) is 17.9 Å². The third-order valence-corrected chi connectivity index (χ3v) is 7.36. The van der Waals surface area contributed by atoms with E-state index in [-0.39, 0.29) is 25.5 Å². The highest BCUT2D eigenvalue weighted by Gasteiger charge is 2.38. The van der Waals surface area contributed by atoms with Crippen LogP contribution in [0.3, 0.4) is 0 Å². The predicted molar refractivity (Wildman–Crippen MR) is 104 cm³/mol. The molecule has 0 bridgehead atoms. The van der Waals surface area contributed by atoms with E-state index < -0.39 is 55.1 Å². The molecule has 31 heavy (non-hydrogen) atoms. The lowest BCUT2D eigenvalue weighted by Gasteiger charge is -2.38. The summed E-state index contributed by atoms with van der Waals surface area (Å²) in [6.45, 7) is 1.59. The van der Waals surface area contributed by atoms with Crippen LogP contribution in [0.2, 0.25) is 0 Å². The van der Waals surface area contributed by atoms with Crippen LogP contribution in [0, 0.1) is 23.3 Å². The van der Waals surface area contributed by atoms with E-state index in [0.717, 1.165) is 10.5 Å². The molecule has 4 rings (SSSR count). The first kappa shape index (κ1) is 21.3. The van der Waals surface area contributed by atoms with E-state index in [1.54, 1.807) is 37.3 Å². The molecular formula is C20H17F4N3O3S. The number of carbonyl (C=O) groups excluding carboxylic acids is 1. The van der Waals surface area contributed by atoms with Crippen LogP contribution in [0.4, 0.5) is 17.6 Å². The van der Waals surface area contributed by atoms with Crippen LogP contribution in [0.1, 0.15) is 17.3 Å². The van der Waals surface area contributed by atoms with Crippen LogP contribution < -0.4 is 0 Å². The quantitative estimate of drug-likeness (QED) is 0.374. The predicted octanol–water partition coefficient (Wildman–Crippen LogP) is 3.26. The molecule has 2 aromatic carbocycles. The topological polar surface area (TPSA) is 73.5 Å². The standard InChI is InChI=1S/C20H17F4N3O3S/c1-11-10-26(20(28)12-5-3-2-4-6-12)7-8-27(11)31(29,30)13-9-25-19-14(13)15(21)16(22)17(23)18(19)24/h2-6,9,11,25H,7-8,10H2,1H3/t11-/m0/s1. The minimum atomic E-state index is -4.41. The van der Waals surface area contributed by atoms with Gasteiger partial charge in [-0.05, 0) is 19.1 Å². The molecule has 0 spiro atoms. The molecule has 1 amide bonds. The van der Waals surface area contributed by atoms with E-state index in [4.69, 9.17) is 0 Å². The molecule has 1 saturated heterocycles. The number of aromatic amines is 1. The number of hydrogen-bond acceptors (Lipinski definition) is 3. The summed E-state index contributed by atoms with van der Waals surface area (Å²) in [5.74, 6) is -7.88. The number of nitrogens with one attached hydrogen (secondary N) is 1. The summed E-state index contributed by atoms with van der Waals surface area (Å²) in [7, 11) is -4.41. The molecule has 1 N–H and O–H groups in total. The number of benzene rings is 2. The van der Waals surface area contributed by atoms with Crippen LogP contribution in [-0.2, 0) is 10.0 Å². The monoisotopic (exact) mass is 455 g/mol. The van der Waals surface area contributed by atoms with E-state index in [2.05, 4.69) is 4.98 Å². The van der Waals surface area contributed by atoms with Crippen molar-refractivity contribution in [2.24, 2.45) is 0 Å². The van der Waals surface area contributed by atoms with Crippen LogP contribution >= 0.6 is 0 Å². The molecule has 0 unspecified atom stereocenters. The van der Waals surface area contributed by atoms with Crippen molar-refractivity contribution < 1.29 is 30.8 Å². The molecule has 6 nitrogen and oxygen atoms in total. The van der Waals surface area contributed by atoms with Crippen molar-refractivity contribution in [3.8, 4) is 0 Å². The van der Waals surface area contributed by atoms with Gasteiger partial charge in [-0.25, -0.2) is 26.0 Å². The van der Waals surface area contributed by atoms with Crippen molar-refractivity contribution in [3.05, 3.63) is 65.4 Å². The number of rotatable bonds is 3. The van der Waals surface area contributed by atoms with Gasteiger partial charge in [-0.2, -0.15) is 4.31 Å². The fraction of sp³-hybridized carbons (Fsp3) is 0.250. The lowest BCUT2D eigenvalue weighted by molar-refractivity contribution is 0.0642. The summed E-state index contributed by atoms with van der Waals surface area (Å²) in [5, 5.41) is -0.883. The Bertz CT molecular complexity index is 1280. The molecule has 0 saturated carbocycles. The zero-order valence-electron chi connectivity index (χ0n) is 16.2. The number of H-pyrrole nitrogens is 1. The molecule has 11 heteroatoms. The van der Waals surface area contributed by atoms with Crippen molar-refractivity contribution in [3.63, 3.8) is 0 Å². The lowest BCUT2D eigenvalue weighted by Crippen LogP contribution is -2.55. The van der Waals surface area contributed by atoms with E-state index >= 15 is 0 Å².